The number of para-hydroxylation sites is 1. The number of nitrogens with zero attached hydrogens (tertiary/aromatic N) is 1. The van der Waals surface area contributed by atoms with Crippen LogP contribution in [-0.2, 0) is 23.3 Å². The second-order valence-electron chi connectivity index (χ2n) is 9.20. The van der Waals surface area contributed by atoms with Gasteiger partial charge in [0.15, 0.2) is 9.84 Å². The zero-order chi connectivity index (χ0) is 26.6. The summed E-state index contributed by atoms with van der Waals surface area (Å²) in [4.78, 5) is 13.7. The first-order chi connectivity index (χ1) is 17.7. The van der Waals surface area contributed by atoms with Gasteiger partial charge in [0.2, 0.25) is 0 Å². The number of aryl methyl sites for hydroxylation is 1. The molecule has 1 aromatic heterocycles. The molecule has 3 aromatic carbocycles. The first-order valence-corrected chi connectivity index (χ1v) is 14.1. The van der Waals surface area contributed by atoms with E-state index in [1.54, 1.807) is 36.4 Å². The van der Waals surface area contributed by atoms with Gasteiger partial charge in [-0.25, -0.2) is 8.42 Å². The van der Waals surface area contributed by atoms with Crippen molar-refractivity contribution in [2.75, 3.05) is 19.5 Å². The lowest BCUT2D eigenvalue weighted by Gasteiger charge is -2.18. The van der Waals surface area contributed by atoms with Crippen molar-refractivity contribution in [1.82, 2.24) is 9.88 Å². The van der Waals surface area contributed by atoms with Crippen LogP contribution in [0.2, 0.25) is 0 Å². The lowest BCUT2D eigenvalue weighted by atomic mass is 10.0. The van der Waals surface area contributed by atoms with Gasteiger partial charge in [0.05, 0.1) is 29.7 Å². The number of aliphatic hydroxyl groups excluding tert-OH is 1. The number of hydrogen-bond donors (Lipinski definition) is 2. The minimum absolute atomic E-state index is 0.206. The molecule has 0 aliphatic carbocycles. The van der Waals surface area contributed by atoms with Crippen molar-refractivity contribution in [1.29, 1.82) is 0 Å². The van der Waals surface area contributed by atoms with Crippen LogP contribution in [0.25, 0.3) is 22.0 Å². The Morgan fingerprint density at radius 1 is 1.05 bits per heavy atom. The van der Waals surface area contributed by atoms with E-state index in [0.717, 1.165) is 29.1 Å². The van der Waals surface area contributed by atoms with Crippen molar-refractivity contribution >= 4 is 26.6 Å². The number of hydrogen-bond acceptors (Lipinski definition) is 5. The normalized spacial score (nSPS) is 12.4. The topological polar surface area (TPSA) is 97.6 Å². The van der Waals surface area contributed by atoms with Gasteiger partial charge in [-0.2, -0.15) is 0 Å². The molecule has 8 heteroatoms. The number of amides is 1. The van der Waals surface area contributed by atoms with Crippen LogP contribution in [-0.4, -0.2) is 49.5 Å². The number of rotatable bonds is 10. The third-order valence-corrected chi connectivity index (χ3v) is 7.39. The molecule has 1 amide bonds. The number of aromatic nitrogens is 1. The lowest BCUT2D eigenvalue weighted by molar-refractivity contribution is 0.0912. The molecule has 37 heavy (non-hydrogen) atoms. The highest BCUT2D eigenvalue weighted by Crippen LogP contribution is 2.29. The molecule has 0 aliphatic rings. The van der Waals surface area contributed by atoms with Gasteiger partial charge in [0.25, 0.3) is 5.91 Å². The van der Waals surface area contributed by atoms with Crippen LogP contribution >= 0.6 is 0 Å². The number of aliphatic hydroxyl groups is 1. The first-order valence-electron chi connectivity index (χ1n) is 12.2. The summed E-state index contributed by atoms with van der Waals surface area (Å²) in [5.41, 5.74) is 3.81. The average molecular weight is 521 g/mol. The number of nitrogens with one attached hydrogen (secondary N) is 1. The summed E-state index contributed by atoms with van der Waals surface area (Å²) < 4.78 is 32.0. The van der Waals surface area contributed by atoms with Gasteiger partial charge in [0.1, 0.15) is 5.75 Å². The van der Waals surface area contributed by atoms with Gasteiger partial charge in [-0.1, -0.05) is 43.3 Å². The van der Waals surface area contributed by atoms with Gasteiger partial charge in [-0.3, -0.25) is 4.79 Å². The quantitative estimate of drug-likeness (QED) is 0.324. The Kier molecular flexibility index (Phi) is 8.00. The van der Waals surface area contributed by atoms with E-state index >= 15 is 0 Å². The molecule has 2 N–H and O–H groups in total. The number of ether oxygens (including phenoxy) is 1. The van der Waals surface area contributed by atoms with Crippen LogP contribution in [0.1, 0.15) is 29.3 Å². The highest BCUT2D eigenvalue weighted by molar-refractivity contribution is 7.90. The monoisotopic (exact) mass is 520 g/mol. The van der Waals surface area contributed by atoms with E-state index in [1.807, 2.05) is 55.1 Å². The lowest BCUT2D eigenvalue weighted by Crippen LogP contribution is -2.39. The molecule has 194 valence electrons. The molecule has 0 spiro atoms. The van der Waals surface area contributed by atoms with Crippen molar-refractivity contribution in [3.63, 3.8) is 0 Å². The fourth-order valence-corrected chi connectivity index (χ4v) is 5.08. The van der Waals surface area contributed by atoms with E-state index in [2.05, 4.69) is 5.32 Å². The second kappa shape index (κ2) is 11.2. The Balaban J connectivity index is 1.64. The number of carbonyl (C=O) groups is 1. The van der Waals surface area contributed by atoms with Crippen LogP contribution in [0.5, 0.6) is 5.75 Å². The average Bonchev–Trinajstić information content (AvgIpc) is 3.21. The Hall–Kier alpha value is -3.62. The standard InChI is InChI=1S/C29H32N2O5S/c1-4-14-36-28-13-12-21(20-8-7-9-24(16-20)37(3,34)35)17-26(28)29(33)30-23(19-32)15-22-18-31(2)27-11-6-5-10-25(22)27/h5-13,16-18,23,32H,4,14-15,19H2,1-3H3,(H,30,33)/t23-/m1/s1. The van der Waals surface area contributed by atoms with Crippen molar-refractivity contribution in [2.45, 2.75) is 30.7 Å². The number of benzene rings is 3. The highest BCUT2D eigenvalue weighted by Gasteiger charge is 2.20. The van der Waals surface area contributed by atoms with E-state index in [-0.39, 0.29) is 17.4 Å². The maximum atomic E-state index is 13.5. The summed E-state index contributed by atoms with van der Waals surface area (Å²) in [6, 6.07) is 19.4. The van der Waals surface area contributed by atoms with Gasteiger partial charge in [-0.05, 0) is 59.9 Å². The Morgan fingerprint density at radius 2 is 1.81 bits per heavy atom. The van der Waals surface area contributed by atoms with Crippen molar-refractivity contribution in [2.24, 2.45) is 7.05 Å². The molecule has 0 unspecified atom stereocenters. The highest BCUT2D eigenvalue weighted by atomic mass is 32.2. The third-order valence-electron chi connectivity index (χ3n) is 6.28. The zero-order valence-electron chi connectivity index (χ0n) is 21.3. The fraction of sp³-hybridized carbons (Fsp3) is 0.276. The molecular weight excluding hydrogens is 488 g/mol. The van der Waals surface area contributed by atoms with Gasteiger partial charge < -0.3 is 19.7 Å². The smallest absolute Gasteiger partial charge is 0.255 e. The Bertz CT molecular complexity index is 1520. The molecule has 0 bridgehead atoms. The molecule has 0 radical (unpaired) electrons. The summed E-state index contributed by atoms with van der Waals surface area (Å²) in [5, 5.41) is 14.1. The predicted molar refractivity (Wildman–Crippen MR) is 146 cm³/mol. The van der Waals surface area contributed by atoms with Crippen LogP contribution in [0.15, 0.2) is 77.8 Å². The van der Waals surface area contributed by atoms with Crippen LogP contribution < -0.4 is 10.1 Å². The maximum Gasteiger partial charge on any atom is 0.255 e. The molecule has 0 saturated heterocycles. The predicted octanol–water partition coefficient (Wildman–Crippen LogP) is 4.37. The summed E-state index contributed by atoms with van der Waals surface area (Å²) in [6.45, 7) is 2.20. The number of fused-ring (bicyclic) bond motifs is 1. The van der Waals surface area contributed by atoms with Gasteiger partial charge in [0, 0.05) is 30.4 Å². The van der Waals surface area contributed by atoms with E-state index < -0.39 is 15.9 Å². The zero-order valence-corrected chi connectivity index (χ0v) is 22.1. The summed E-state index contributed by atoms with van der Waals surface area (Å²) >= 11 is 0. The van der Waals surface area contributed by atoms with E-state index in [0.29, 0.717) is 35.5 Å². The van der Waals surface area contributed by atoms with Crippen molar-refractivity contribution < 1.29 is 23.1 Å². The molecule has 1 heterocycles. The van der Waals surface area contributed by atoms with Crippen molar-refractivity contribution in [3.05, 3.63) is 84.1 Å². The van der Waals surface area contributed by atoms with E-state index in [9.17, 15) is 18.3 Å². The van der Waals surface area contributed by atoms with E-state index in [1.165, 1.54) is 0 Å². The van der Waals surface area contributed by atoms with Gasteiger partial charge >= 0.3 is 0 Å². The molecule has 0 saturated carbocycles. The summed E-state index contributed by atoms with van der Waals surface area (Å²) in [7, 11) is -1.40. The molecule has 4 aromatic rings. The first kappa shape index (κ1) is 26.4. The number of carbonyl (C=O) groups excluding carboxylic acids is 1. The largest absolute Gasteiger partial charge is 0.493 e. The van der Waals surface area contributed by atoms with Gasteiger partial charge in [-0.15, -0.1) is 0 Å². The van der Waals surface area contributed by atoms with Crippen molar-refractivity contribution in [3.8, 4) is 16.9 Å². The molecule has 4 rings (SSSR count). The second-order valence-corrected chi connectivity index (χ2v) is 11.2. The minimum atomic E-state index is -3.38. The minimum Gasteiger partial charge on any atom is -0.493 e. The SMILES string of the molecule is CCCOc1ccc(-c2cccc(S(C)(=O)=O)c2)cc1C(=O)N[C@@H](CO)Cc1cn(C)c2ccccc12. The maximum absolute atomic E-state index is 13.5. The summed E-state index contributed by atoms with van der Waals surface area (Å²) in [6.07, 6.45) is 4.42. The fourth-order valence-electron chi connectivity index (χ4n) is 4.41. The molecule has 0 fully saturated rings. The molecule has 1 atom stereocenters. The molecule has 7 nitrogen and oxygen atoms in total. The van der Waals surface area contributed by atoms with Crippen LogP contribution in [0.4, 0.5) is 0 Å². The molecular formula is C29H32N2O5S. The van der Waals surface area contributed by atoms with E-state index in [4.69, 9.17) is 4.74 Å². The number of sulfone groups is 1. The van der Waals surface area contributed by atoms with Crippen LogP contribution in [0.3, 0.4) is 0 Å². The van der Waals surface area contributed by atoms with Crippen LogP contribution in [0, 0.1) is 0 Å². The summed E-state index contributed by atoms with van der Waals surface area (Å²) in [5.74, 6) is 0.0655. The molecule has 0 aliphatic heterocycles. The Labute approximate surface area is 217 Å². The third kappa shape index (κ3) is 6.03. The Morgan fingerprint density at radius 3 is 2.54 bits per heavy atom.